The van der Waals surface area contributed by atoms with Crippen LogP contribution in [-0.4, -0.2) is 27.1 Å². The van der Waals surface area contributed by atoms with Crippen LogP contribution in [0.15, 0.2) is 58.3 Å². The van der Waals surface area contributed by atoms with Crippen molar-refractivity contribution in [3.63, 3.8) is 0 Å². The highest BCUT2D eigenvalue weighted by Crippen LogP contribution is 2.27. The molecular weight excluding hydrogens is 344 g/mol. The van der Waals surface area contributed by atoms with Gasteiger partial charge in [-0.25, -0.2) is 8.42 Å². The predicted octanol–water partition coefficient (Wildman–Crippen LogP) is 2.89. The van der Waals surface area contributed by atoms with Crippen molar-refractivity contribution in [2.75, 3.05) is 17.5 Å². The van der Waals surface area contributed by atoms with Crippen molar-refractivity contribution < 1.29 is 13.2 Å². The van der Waals surface area contributed by atoms with Crippen LogP contribution in [0.4, 0.5) is 5.69 Å². The lowest BCUT2D eigenvalue weighted by Gasteiger charge is -2.11. The maximum atomic E-state index is 12.5. The Morgan fingerprint density at radius 3 is 2.38 bits per heavy atom. The molecular formula is C17H20N2O3S2. The summed E-state index contributed by atoms with van der Waals surface area (Å²) in [5, 5.41) is 2.71. The van der Waals surface area contributed by atoms with E-state index in [1.54, 1.807) is 36.4 Å². The summed E-state index contributed by atoms with van der Waals surface area (Å²) in [7, 11) is -3.63. The lowest BCUT2D eigenvalue weighted by molar-refractivity contribution is -0.118. The Labute approximate surface area is 146 Å². The van der Waals surface area contributed by atoms with Crippen molar-refractivity contribution in [3.8, 4) is 0 Å². The quantitative estimate of drug-likeness (QED) is 0.741. The summed E-state index contributed by atoms with van der Waals surface area (Å²) in [5.41, 5.74) is 1.53. The summed E-state index contributed by atoms with van der Waals surface area (Å²) >= 11 is 1.48. The maximum Gasteiger partial charge on any atom is 0.261 e. The largest absolute Gasteiger partial charge is 0.356 e. The third kappa shape index (κ3) is 5.01. The number of carbonyl (C=O) groups is 1. The van der Waals surface area contributed by atoms with E-state index >= 15 is 0 Å². The highest BCUT2D eigenvalue weighted by Gasteiger charge is 2.15. The van der Waals surface area contributed by atoms with Crippen molar-refractivity contribution in [1.29, 1.82) is 0 Å². The van der Waals surface area contributed by atoms with Crippen molar-refractivity contribution in [1.82, 2.24) is 5.32 Å². The van der Waals surface area contributed by atoms with E-state index in [4.69, 9.17) is 0 Å². The molecule has 2 aromatic rings. The van der Waals surface area contributed by atoms with Gasteiger partial charge in [-0.2, -0.15) is 0 Å². The number of anilines is 1. The van der Waals surface area contributed by atoms with Crippen molar-refractivity contribution in [2.24, 2.45) is 0 Å². The van der Waals surface area contributed by atoms with Gasteiger partial charge in [0.1, 0.15) is 0 Å². The van der Waals surface area contributed by atoms with E-state index in [1.807, 2.05) is 18.4 Å². The lowest BCUT2D eigenvalue weighted by atomic mass is 10.1. The molecule has 7 heteroatoms. The van der Waals surface area contributed by atoms with E-state index in [2.05, 4.69) is 10.0 Å². The molecule has 0 atom stereocenters. The first kappa shape index (κ1) is 18.4. The van der Waals surface area contributed by atoms with Gasteiger partial charge in [-0.1, -0.05) is 24.3 Å². The van der Waals surface area contributed by atoms with Gasteiger partial charge in [0.05, 0.1) is 10.6 Å². The molecule has 0 saturated heterocycles. The van der Waals surface area contributed by atoms with Gasteiger partial charge in [0.15, 0.2) is 0 Å². The minimum Gasteiger partial charge on any atom is -0.356 e. The molecule has 0 saturated carbocycles. The van der Waals surface area contributed by atoms with Crippen LogP contribution in [0.25, 0.3) is 0 Å². The molecule has 0 aliphatic heterocycles. The smallest absolute Gasteiger partial charge is 0.261 e. The standard InChI is InChI=1S/C17H20N2O3S2/c1-13(20)18-12-11-14-7-9-15(10-8-14)24(21,22)19-16-5-3-4-6-17(16)23-2/h3-10,19H,11-12H2,1-2H3,(H,18,20). The molecule has 0 aliphatic carbocycles. The van der Waals surface area contributed by atoms with Crippen LogP contribution in [0.3, 0.4) is 0 Å². The average molecular weight is 364 g/mol. The Kier molecular flexibility index (Phi) is 6.28. The van der Waals surface area contributed by atoms with Crippen molar-refractivity contribution >= 4 is 33.4 Å². The summed E-state index contributed by atoms with van der Waals surface area (Å²) in [6.07, 6.45) is 2.56. The van der Waals surface area contributed by atoms with Gasteiger partial charge in [0.2, 0.25) is 5.91 Å². The lowest BCUT2D eigenvalue weighted by Crippen LogP contribution is -2.22. The topological polar surface area (TPSA) is 75.3 Å². The Balaban J connectivity index is 2.10. The van der Waals surface area contributed by atoms with Crippen LogP contribution < -0.4 is 10.0 Å². The normalized spacial score (nSPS) is 11.1. The number of thioether (sulfide) groups is 1. The van der Waals surface area contributed by atoms with Gasteiger partial charge < -0.3 is 5.32 Å². The summed E-state index contributed by atoms with van der Waals surface area (Å²) in [5.74, 6) is -0.0779. The van der Waals surface area contributed by atoms with Crippen LogP contribution in [0, 0.1) is 0 Å². The Hall–Kier alpha value is -1.99. The SMILES string of the molecule is CSc1ccccc1NS(=O)(=O)c1ccc(CCNC(C)=O)cc1. The van der Waals surface area contributed by atoms with Crippen LogP contribution in [0.5, 0.6) is 0 Å². The molecule has 2 N–H and O–H groups in total. The highest BCUT2D eigenvalue weighted by atomic mass is 32.2. The number of benzene rings is 2. The van der Waals surface area contributed by atoms with Crippen molar-refractivity contribution in [3.05, 3.63) is 54.1 Å². The molecule has 2 aromatic carbocycles. The average Bonchev–Trinajstić information content (AvgIpc) is 2.55. The zero-order valence-electron chi connectivity index (χ0n) is 13.6. The van der Waals surface area contributed by atoms with Gasteiger partial charge in [0, 0.05) is 18.4 Å². The summed E-state index contributed by atoms with van der Waals surface area (Å²) in [6.45, 7) is 1.99. The fraction of sp³-hybridized carbons (Fsp3) is 0.235. The van der Waals surface area contributed by atoms with Gasteiger partial charge in [-0.05, 0) is 42.5 Å². The Bertz CT molecular complexity index is 803. The molecule has 0 aliphatic rings. The summed E-state index contributed by atoms with van der Waals surface area (Å²) in [4.78, 5) is 11.9. The van der Waals surface area contributed by atoms with E-state index in [-0.39, 0.29) is 10.8 Å². The molecule has 24 heavy (non-hydrogen) atoms. The number of amides is 1. The van der Waals surface area contributed by atoms with E-state index in [1.165, 1.54) is 18.7 Å². The van der Waals surface area contributed by atoms with Crippen LogP contribution in [-0.2, 0) is 21.2 Å². The minimum absolute atomic E-state index is 0.0779. The first-order chi connectivity index (χ1) is 11.4. The molecule has 0 unspecified atom stereocenters. The number of para-hydroxylation sites is 1. The molecule has 0 heterocycles. The molecule has 0 radical (unpaired) electrons. The van der Waals surface area contributed by atoms with Gasteiger partial charge in [-0.15, -0.1) is 11.8 Å². The first-order valence-electron chi connectivity index (χ1n) is 7.41. The van der Waals surface area contributed by atoms with E-state index in [9.17, 15) is 13.2 Å². The molecule has 5 nitrogen and oxygen atoms in total. The zero-order chi connectivity index (χ0) is 17.6. The van der Waals surface area contributed by atoms with Gasteiger partial charge in [0.25, 0.3) is 10.0 Å². The second-order valence-electron chi connectivity index (χ2n) is 5.18. The molecule has 1 amide bonds. The fourth-order valence-electron chi connectivity index (χ4n) is 2.15. The molecule has 128 valence electrons. The summed E-state index contributed by atoms with van der Waals surface area (Å²) < 4.78 is 27.6. The van der Waals surface area contributed by atoms with E-state index in [0.717, 1.165) is 10.5 Å². The molecule has 0 bridgehead atoms. The minimum atomic E-state index is -3.63. The fourth-order valence-corrected chi connectivity index (χ4v) is 3.85. The second kappa shape index (κ2) is 8.21. The van der Waals surface area contributed by atoms with Crippen LogP contribution in [0.1, 0.15) is 12.5 Å². The third-order valence-electron chi connectivity index (χ3n) is 3.37. The van der Waals surface area contributed by atoms with Crippen LogP contribution in [0.2, 0.25) is 0 Å². The van der Waals surface area contributed by atoms with Crippen molar-refractivity contribution in [2.45, 2.75) is 23.1 Å². The molecule has 0 spiro atoms. The van der Waals surface area contributed by atoms with E-state index in [0.29, 0.717) is 18.7 Å². The Morgan fingerprint density at radius 2 is 1.75 bits per heavy atom. The molecule has 2 rings (SSSR count). The predicted molar refractivity (Wildman–Crippen MR) is 97.9 cm³/mol. The third-order valence-corrected chi connectivity index (χ3v) is 5.55. The number of sulfonamides is 1. The second-order valence-corrected chi connectivity index (χ2v) is 7.71. The first-order valence-corrected chi connectivity index (χ1v) is 10.1. The van der Waals surface area contributed by atoms with Crippen LogP contribution >= 0.6 is 11.8 Å². The monoisotopic (exact) mass is 364 g/mol. The van der Waals surface area contributed by atoms with Gasteiger partial charge >= 0.3 is 0 Å². The zero-order valence-corrected chi connectivity index (χ0v) is 15.2. The van der Waals surface area contributed by atoms with E-state index < -0.39 is 10.0 Å². The van der Waals surface area contributed by atoms with Gasteiger partial charge in [-0.3, -0.25) is 9.52 Å². The number of nitrogens with one attached hydrogen (secondary N) is 2. The Morgan fingerprint density at radius 1 is 1.08 bits per heavy atom. The number of carbonyl (C=O) groups excluding carboxylic acids is 1. The number of hydrogen-bond donors (Lipinski definition) is 2. The number of rotatable bonds is 7. The molecule has 0 aromatic heterocycles. The molecule has 0 fully saturated rings. The highest BCUT2D eigenvalue weighted by molar-refractivity contribution is 7.99. The maximum absolute atomic E-state index is 12.5. The summed E-state index contributed by atoms with van der Waals surface area (Å²) in [6, 6.07) is 13.9. The number of hydrogen-bond acceptors (Lipinski definition) is 4.